The summed E-state index contributed by atoms with van der Waals surface area (Å²) >= 11 is 0. The molecule has 0 aromatic heterocycles. The Bertz CT molecular complexity index is 769. The third kappa shape index (κ3) is 6.94. The van der Waals surface area contributed by atoms with E-state index in [0.29, 0.717) is 6.61 Å². The number of benzene rings is 2. The summed E-state index contributed by atoms with van der Waals surface area (Å²) in [5, 5.41) is 2.82. The number of likely N-dealkylation sites (tertiary alicyclic amines) is 1. The highest BCUT2D eigenvalue weighted by molar-refractivity contribution is 5.88. The molecule has 0 radical (unpaired) electrons. The molecule has 0 unspecified atom stereocenters. The van der Waals surface area contributed by atoms with Crippen LogP contribution in [0.1, 0.15) is 37.8 Å². The molecule has 3 rings (SSSR count). The molecule has 2 aromatic rings. The van der Waals surface area contributed by atoms with E-state index in [1.807, 2.05) is 18.2 Å². The lowest BCUT2D eigenvalue weighted by Gasteiger charge is -2.41. The zero-order valence-corrected chi connectivity index (χ0v) is 18.2. The maximum atomic E-state index is 11.2. The average molecular weight is 411 g/mol. The predicted molar refractivity (Wildman–Crippen MR) is 120 cm³/mol. The fraction of sp³-hybridized carbons (Fsp3) is 0.480. The van der Waals surface area contributed by atoms with Gasteiger partial charge in [0, 0.05) is 31.2 Å². The minimum Gasteiger partial charge on any atom is -0.381 e. The lowest BCUT2D eigenvalue weighted by Crippen LogP contribution is -2.44. The van der Waals surface area contributed by atoms with E-state index >= 15 is 0 Å². The van der Waals surface area contributed by atoms with Gasteiger partial charge in [0.15, 0.2) is 0 Å². The number of rotatable bonds is 10. The maximum Gasteiger partial charge on any atom is 0.221 e. The van der Waals surface area contributed by atoms with Crippen molar-refractivity contribution in [2.24, 2.45) is 5.41 Å². The van der Waals surface area contributed by atoms with Crippen LogP contribution in [-0.4, -0.2) is 43.7 Å². The van der Waals surface area contributed by atoms with Gasteiger partial charge in [-0.2, -0.15) is 0 Å². The highest BCUT2D eigenvalue weighted by Gasteiger charge is 2.35. The first-order valence-electron chi connectivity index (χ1n) is 10.9. The van der Waals surface area contributed by atoms with E-state index in [-0.39, 0.29) is 11.3 Å². The number of hydrogen-bond donors (Lipinski definition) is 1. The highest BCUT2D eigenvalue weighted by atomic mass is 16.5. The van der Waals surface area contributed by atoms with Crippen molar-refractivity contribution in [3.05, 3.63) is 65.7 Å². The Balaban J connectivity index is 1.50. The van der Waals surface area contributed by atoms with Crippen LogP contribution in [0.25, 0.3) is 0 Å². The van der Waals surface area contributed by atoms with Crippen LogP contribution in [0.15, 0.2) is 54.6 Å². The smallest absolute Gasteiger partial charge is 0.221 e. The van der Waals surface area contributed by atoms with Crippen molar-refractivity contribution in [1.29, 1.82) is 0 Å². The highest BCUT2D eigenvalue weighted by Crippen LogP contribution is 2.33. The van der Waals surface area contributed by atoms with Crippen molar-refractivity contribution in [1.82, 2.24) is 4.90 Å². The molecule has 162 valence electrons. The van der Waals surface area contributed by atoms with Gasteiger partial charge in [-0.25, -0.2) is 0 Å². The minimum atomic E-state index is -0.0427. The molecule has 1 saturated heterocycles. The van der Waals surface area contributed by atoms with E-state index in [4.69, 9.17) is 9.47 Å². The monoisotopic (exact) mass is 410 g/mol. The van der Waals surface area contributed by atoms with Crippen LogP contribution < -0.4 is 5.32 Å². The summed E-state index contributed by atoms with van der Waals surface area (Å²) in [5.74, 6) is -0.0427. The van der Waals surface area contributed by atoms with Crippen molar-refractivity contribution in [2.75, 3.05) is 38.2 Å². The number of nitrogens with one attached hydrogen (secondary N) is 1. The minimum absolute atomic E-state index is 0.0427. The number of hydrogen-bond acceptors (Lipinski definition) is 4. The largest absolute Gasteiger partial charge is 0.381 e. The molecule has 1 N–H and O–H groups in total. The topological polar surface area (TPSA) is 50.8 Å². The Hall–Kier alpha value is -2.21. The van der Waals surface area contributed by atoms with E-state index in [1.54, 1.807) is 0 Å². The van der Waals surface area contributed by atoms with E-state index < -0.39 is 0 Å². The molecule has 2 aromatic carbocycles. The molecule has 0 saturated carbocycles. The van der Waals surface area contributed by atoms with Crippen LogP contribution in [0.5, 0.6) is 0 Å². The van der Waals surface area contributed by atoms with E-state index in [1.165, 1.54) is 18.1 Å². The molecule has 0 aliphatic carbocycles. The van der Waals surface area contributed by atoms with Crippen LogP contribution in [0.2, 0.25) is 0 Å². The standard InChI is InChI=1S/C25H34N2O3/c1-3-29-19-25(20-30-18-23-7-5-4-6-8-23)13-15-27(16-14-25)17-22-9-11-24(12-10-22)26-21(2)28/h4-12H,3,13-20H2,1-2H3,(H,26,28). The Morgan fingerprint density at radius 3 is 2.27 bits per heavy atom. The third-order valence-corrected chi connectivity index (χ3v) is 5.73. The molecule has 1 amide bonds. The first kappa shape index (κ1) is 22.5. The first-order chi connectivity index (χ1) is 14.6. The SMILES string of the molecule is CCOCC1(COCc2ccccc2)CCN(Cc2ccc(NC(C)=O)cc2)CC1. The van der Waals surface area contributed by atoms with Gasteiger partial charge >= 0.3 is 0 Å². The van der Waals surface area contributed by atoms with E-state index in [9.17, 15) is 4.79 Å². The molecule has 0 spiro atoms. The quantitative estimate of drug-likeness (QED) is 0.627. The molecule has 0 atom stereocenters. The normalized spacial score (nSPS) is 16.3. The Labute approximate surface area is 180 Å². The predicted octanol–water partition coefficient (Wildman–Crippen LogP) is 4.48. The van der Waals surface area contributed by atoms with Crippen LogP contribution in [0.4, 0.5) is 5.69 Å². The Kier molecular flexibility index (Phi) is 8.43. The van der Waals surface area contributed by atoms with Gasteiger partial charge in [-0.1, -0.05) is 42.5 Å². The van der Waals surface area contributed by atoms with E-state index in [2.05, 4.69) is 53.5 Å². The molecular formula is C25H34N2O3. The summed E-state index contributed by atoms with van der Waals surface area (Å²) in [7, 11) is 0. The van der Waals surface area contributed by atoms with Gasteiger partial charge in [0.25, 0.3) is 0 Å². The summed E-state index contributed by atoms with van der Waals surface area (Å²) in [6.07, 6.45) is 2.15. The summed E-state index contributed by atoms with van der Waals surface area (Å²) in [5.41, 5.74) is 3.42. The van der Waals surface area contributed by atoms with Crippen molar-refractivity contribution >= 4 is 11.6 Å². The Morgan fingerprint density at radius 1 is 0.967 bits per heavy atom. The van der Waals surface area contributed by atoms with Gasteiger partial charge in [-0.3, -0.25) is 9.69 Å². The second-order valence-electron chi connectivity index (χ2n) is 8.27. The number of carbonyl (C=O) groups excluding carboxylic acids is 1. The zero-order chi connectivity index (χ0) is 21.2. The number of anilines is 1. The van der Waals surface area contributed by atoms with Crippen LogP contribution in [0.3, 0.4) is 0 Å². The number of carbonyl (C=O) groups is 1. The molecular weight excluding hydrogens is 376 g/mol. The van der Waals surface area contributed by atoms with Gasteiger partial charge in [0.05, 0.1) is 19.8 Å². The summed E-state index contributed by atoms with van der Waals surface area (Å²) in [6, 6.07) is 18.5. The molecule has 5 heteroatoms. The fourth-order valence-electron chi connectivity index (χ4n) is 3.95. The average Bonchev–Trinajstić information content (AvgIpc) is 2.76. The van der Waals surface area contributed by atoms with Gasteiger partial charge in [-0.15, -0.1) is 0 Å². The van der Waals surface area contributed by atoms with Crippen molar-refractivity contribution in [3.63, 3.8) is 0 Å². The summed E-state index contributed by atoms with van der Waals surface area (Å²) < 4.78 is 12.0. The number of amides is 1. The van der Waals surface area contributed by atoms with Crippen molar-refractivity contribution < 1.29 is 14.3 Å². The van der Waals surface area contributed by atoms with Crippen molar-refractivity contribution in [2.45, 2.75) is 39.8 Å². The number of piperidine rings is 1. The molecule has 30 heavy (non-hydrogen) atoms. The maximum absolute atomic E-state index is 11.2. The number of nitrogens with zero attached hydrogens (tertiary/aromatic N) is 1. The lowest BCUT2D eigenvalue weighted by molar-refractivity contribution is -0.114. The van der Waals surface area contributed by atoms with E-state index in [0.717, 1.165) is 58.0 Å². The second-order valence-corrected chi connectivity index (χ2v) is 8.27. The lowest BCUT2D eigenvalue weighted by atomic mass is 9.79. The van der Waals surface area contributed by atoms with Crippen LogP contribution >= 0.6 is 0 Å². The van der Waals surface area contributed by atoms with Gasteiger partial charge in [0.1, 0.15) is 0 Å². The van der Waals surface area contributed by atoms with Gasteiger partial charge in [-0.05, 0) is 56.1 Å². The molecule has 1 aliphatic heterocycles. The molecule has 0 bridgehead atoms. The summed E-state index contributed by atoms with van der Waals surface area (Å²) in [6.45, 7) is 9.47. The third-order valence-electron chi connectivity index (χ3n) is 5.73. The van der Waals surface area contributed by atoms with Crippen LogP contribution in [0, 0.1) is 5.41 Å². The summed E-state index contributed by atoms with van der Waals surface area (Å²) in [4.78, 5) is 13.7. The molecule has 5 nitrogen and oxygen atoms in total. The molecule has 1 fully saturated rings. The first-order valence-corrected chi connectivity index (χ1v) is 10.9. The van der Waals surface area contributed by atoms with Crippen LogP contribution in [-0.2, 0) is 27.4 Å². The van der Waals surface area contributed by atoms with Crippen molar-refractivity contribution in [3.8, 4) is 0 Å². The second kappa shape index (κ2) is 11.3. The van der Waals surface area contributed by atoms with Gasteiger partial charge < -0.3 is 14.8 Å². The van der Waals surface area contributed by atoms with Gasteiger partial charge in [0.2, 0.25) is 5.91 Å². The fourth-order valence-corrected chi connectivity index (χ4v) is 3.95. The Morgan fingerprint density at radius 2 is 1.63 bits per heavy atom. The zero-order valence-electron chi connectivity index (χ0n) is 18.2. The molecule has 1 aliphatic rings. The number of ether oxygens (including phenoxy) is 2. The molecule has 1 heterocycles.